The molecular formula is C22H37N5. The van der Waals surface area contributed by atoms with Crippen LogP contribution in [0.3, 0.4) is 0 Å². The Morgan fingerprint density at radius 2 is 1.96 bits per heavy atom. The summed E-state index contributed by atoms with van der Waals surface area (Å²) in [6.07, 6.45) is 1.22. The van der Waals surface area contributed by atoms with Crippen molar-refractivity contribution >= 4 is 11.6 Å². The number of benzene rings is 1. The Hall–Kier alpha value is -1.75. The third-order valence-corrected chi connectivity index (χ3v) is 5.95. The molecule has 2 heterocycles. The second kappa shape index (κ2) is 9.45. The molecule has 2 aliphatic rings. The zero-order valence-corrected chi connectivity index (χ0v) is 17.5. The molecule has 2 saturated heterocycles. The van der Waals surface area contributed by atoms with Crippen molar-refractivity contribution in [3.63, 3.8) is 0 Å². The van der Waals surface area contributed by atoms with Crippen LogP contribution in [0.15, 0.2) is 35.3 Å². The predicted octanol–water partition coefficient (Wildman–Crippen LogP) is 2.80. The molecule has 0 radical (unpaired) electrons. The van der Waals surface area contributed by atoms with Crippen LogP contribution < -0.4 is 15.5 Å². The van der Waals surface area contributed by atoms with E-state index >= 15 is 0 Å². The van der Waals surface area contributed by atoms with Gasteiger partial charge in [0, 0.05) is 57.0 Å². The minimum atomic E-state index is 0.481. The van der Waals surface area contributed by atoms with Gasteiger partial charge in [-0.15, -0.1) is 0 Å². The maximum Gasteiger partial charge on any atom is 0.191 e. The number of nitrogens with zero attached hydrogens (tertiary/aromatic N) is 3. The number of nitrogens with one attached hydrogen (secondary N) is 2. The van der Waals surface area contributed by atoms with Crippen molar-refractivity contribution in [2.45, 2.75) is 46.2 Å². The van der Waals surface area contributed by atoms with Crippen LogP contribution in [0.2, 0.25) is 0 Å². The number of anilines is 1. The average molecular weight is 372 g/mol. The van der Waals surface area contributed by atoms with Gasteiger partial charge in [-0.25, -0.2) is 0 Å². The van der Waals surface area contributed by atoms with E-state index in [1.54, 1.807) is 0 Å². The number of para-hydroxylation sites is 1. The van der Waals surface area contributed by atoms with E-state index in [4.69, 9.17) is 4.99 Å². The van der Waals surface area contributed by atoms with Crippen molar-refractivity contribution in [3.05, 3.63) is 30.3 Å². The van der Waals surface area contributed by atoms with Crippen LogP contribution in [0.1, 0.15) is 34.1 Å². The molecule has 2 N–H and O–H groups in total. The summed E-state index contributed by atoms with van der Waals surface area (Å²) in [5, 5.41) is 7.15. The molecule has 5 heteroatoms. The van der Waals surface area contributed by atoms with Crippen LogP contribution in [0.25, 0.3) is 0 Å². The first kappa shape index (κ1) is 20.0. The molecule has 0 amide bonds. The number of likely N-dealkylation sites (tertiary alicyclic amines) is 1. The molecular weight excluding hydrogens is 334 g/mol. The fourth-order valence-electron chi connectivity index (χ4n) is 4.18. The van der Waals surface area contributed by atoms with Crippen LogP contribution in [0.5, 0.6) is 0 Å². The van der Waals surface area contributed by atoms with Crippen molar-refractivity contribution in [1.82, 2.24) is 15.5 Å². The van der Waals surface area contributed by atoms with Crippen molar-refractivity contribution in [2.75, 3.05) is 44.2 Å². The van der Waals surface area contributed by atoms with Gasteiger partial charge in [-0.3, -0.25) is 9.89 Å². The summed E-state index contributed by atoms with van der Waals surface area (Å²) in [7, 11) is 0. The molecule has 5 nitrogen and oxygen atoms in total. The SMILES string of the molecule is CCNC(=NCC1CCN(c2ccccc2)C1)NC1CN(C(C)C)CC1C. The van der Waals surface area contributed by atoms with Gasteiger partial charge >= 0.3 is 0 Å². The summed E-state index contributed by atoms with van der Waals surface area (Å²) in [5.41, 5.74) is 1.34. The second-order valence-corrected chi connectivity index (χ2v) is 8.43. The van der Waals surface area contributed by atoms with Gasteiger partial charge in [0.1, 0.15) is 0 Å². The van der Waals surface area contributed by atoms with Gasteiger partial charge in [0.25, 0.3) is 0 Å². The molecule has 0 aliphatic carbocycles. The maximum absolute atomic E-state index is 4.94. The second-order valence-electron chi connectivity index (χ2n) is 8.43. The largest absolute Gasteiger partial charge is 0.371 e. The van der Waals surface area contributed by atoms with Gasteiger partial charge in [-0.1, -0.05) is 25.1 Å². The monoisotopic (exact) mass is 371 g/mol. The van der Waals surface area contributed by atoms with E-state index < -0.39 is 0 Å². The Morgan fingerprint density at radius 3 is 2.63 bits per heavy atom. The third kappa shape index (κ3) is 5.38. The lowest BCUT2D eigenvalue weighted by molar-refractivity contribution is 0.265. The Morgan fingerprint density at radius 1 is 1.19 bits per heavy atom. The standard InChI is InChI=1S/C22H37N5/c1-5-23-22(25-21-16-27(17(2)3)14-18(21)4)24-13-19-11-12-26(15-19)20-9-7-6-8-10-20/h6-10,17-19,21H,5,11-16H2,1-4H3,(H2,23,24,25). The number of hydrogen-bond donors (Lipinski definition) is 2. The summed E-state index contributed by atoms with van der Waals surface area (Å²) in [5.74, 6) is 2.27. The lowest BCUT2D eigenvalue weighted by Crippen LogP contribution is -2.47. The van der Waals surface area contributed by atoms with Crippen LogP contribution >= 0.6 is 0 Å². The Bertz CT molecular complexity index is 600. The number of hydrogen-bond acceptors (Lipinski definition) is 3. The molecule has 0 spiro atoms. The van der Waals surface area contributed by atoms with Crippen LogP contribution in [-0.4, -0.2) is 62.2 Å². The molecule has 0 saturated carbocycles. The van der Waals surface area contributed by atoms with E-state index in [2.05, 4.69) is 78.5 Å². The molecule has 1 aromatic rings. The molecule has 150 valence electrons. The van der Waals surface area contributed by atoms with E-state index in [0.717, 1.165) is 38.7 Å². The molecule has 1 aromatic carbocycles. The van der Waals surface area contributed by atoms with E-state index in [-0.39, 0.29) is 0 Å². The minimum absolute atomic E-state index is 0.481. The van der Waals surface area contributed by atoms with Crippen LogP contribution in [0.4, 0.5) is 5.69 Å². The zero-order valence-electron chi connectivity index (χ0n) is 17.5. The van der Waals surface area contributed by atoms with Crippen LogP contribution in [0, 0.1) is 11.8 Å². The Kier molecular flexibility index (Phi) is 7.00. The molecule has 3 unspecified atom stereocenters. The fourth-order valence-corrected chi connectivity index (χ4v) is 4.18. The topological polar surface area (TPSA) is 42.9 Å². The Balaban J connectivity index is 1.53. The van der Waals surface area contributed by atoms with E-state index in [9.17, 15) is 0 Å². The summed E-state index contributed by atoms with van der Waals surface area (Å²) < 4.78 is 0. The highest BCUT2D eigenvalue weighted by molar-refractivity contribution is 5.80. The zero-order chi connectivity index (χ0) is 19.2. The molecule has 3 atom stereocenters. The van der Waals surface area contributed by atoms with Gasteiger partial charge in [0.2, 0.25) is 0 Å². The van der Waals surface area contributed by atoms with Crippen molar-refractivity contribution in [2.24, 2.45) is 16.8 Å². The molecule has 27 heavy (non-hydrogen) atoms. The highest BCUT2D eigenvalue weighted by Crippen LogP contribution is 2.23. The minimum Gasteiger partial charge on any atom is -0.371 e. The van der Waals surface area contributed by atoms with Crippen molar-refractivity contribution in [3.8, 4) is 0 Å². The smallest absolute Gasteiger partial charge is 0.191 e. The average Bonchev–Trinajstić information content (AvgIpc) is 3.28. The third-order valence-electron chi connectivity index (χ3n) is 5.95. The summed E-state index contributed by atoms with van der Waals surface area (Å²) in [6, 6.07) is 11.8. The molecule has 0 aromatic heterocycles. The van der Waals surface area contributed by atoms with Crippen molar-refractivity contribution < 1.29 is 0 Å². The molecule has 3 rings (SSSR count). The summed E-state index contributed by atoms with van der Waals surface area (Å²) in [6.45, 7) is 15.4. The number of rotatable bonds is 6. The fraction of sp³-hybridized carbons (Fsp3) is 0.682. The van der Waals surface area contributed by atoms with Crippen LogP contribution in [-0.2, 0) is 0 Å². The number of aliphatic imine (C=N–C) groups is 1. The van der Waals surface area contributed by atoms with Gasteiger partial charge in [0.15, 0.2) is 5.96 Å². The molecule has 2 aliphatic heterocycles. The van der Waals surface area contributed by atoms with Gasteiger partial charge in [-0.05, 0) is 51.2 Å². The molecule has 2 fully saturated rings. The van der Waals surface area contributed by atoms with E-state index in [1.807, 2.05) is 0 Å². The van der Waals surface area contributed by atoms with Crippen molar-refractivity contribution in [1.29, 1.82) is 0 Å². The quantitative estimate of drug-likeness (QED) is 0.596. The van der Waals surface area contributed by atoms with Gasteiger partial charge in [-0.2, -0.15) is 0 Å². The van der Waals surface area contributed by atoms with E-state index in [0.29, 0.717) is 23.9 Å². The highest BCUT2D eigenvalue weighted by Gasteiger charge is 2.31. The first-order chi connectivity index (χ1) is 13.1. The highest BCUT2D eigenvalue weighted by atomic mass is 15.3. The first-order valence-electron chi connectivity index (χ1n) is 10.7. The predicted molar refractivity (Wildman–Crippen MR) is 116 cm³/mol. The summed E-state index contributed by atoms with van der Waals surface area (Å²) in [4.78, 5) is 9.98. The molecule has 0 bridgehead atoms. The van der Waals surface area contributed by atoms with Gasteiger partial charge < -0.3 is 15.5 Å². The Labute approximate surface area is 165 Å². The van der Waals surface area contributed by atoms with Gasteiger partial charge in [0.05, 0.1) is 0 Å². The number of guanidine groups is 1. The lowest BCUT2D eigenvalue weighted by atomic mass is 10.1. The maximum atomic E-state index is 4.94. The lowest BCUT2D eigenvalue weighted by Gasteiger charge is -2.22. The van der Waals surface area contributed by atoms with E-state index in [1.165, 1.54) is 18.7 Å². The first-order valence-corrected chi connectivity index (χ1v) is 10.7. The normalized spacial score (nSPS) is 26.8. The summed E-state index contributed by atoms with van der Waals surface area (Å²) >= 11 is 0.